The van der Waals surface area contributed by atoms with Gasteiger partial charge in [-0.15, -0.1) is 0 Å². The number of nitrogens with zero attached hydrogens (tertiary/aromatic N) is 3. The Hall–Kier alpha value is -1.63. The van der Waals surface area contributed by atoms with Crippen LogP contribution >= 0.6 is 0 Å². The molecule has 1 aromatic rings. The van der Waals surface area contributed by atoms with Crippen LogP contribution in [0.4, 0.5) is 4.79 Å². The van der Waals surface area contributed by atoms with Crippen molar-refractivity contribution in [2.45, 2.75) is 77.5 Å². The first-order valence-electron chi connectivity index (χ1n) is 9.44. The van der Waals surface area contributed by atoms with Crippen molar-refractivity contribution in [1.82, 2.24) is 25.4 Å². The fourth-order valence-corrected chi connectivity index (χ4v) is 3.42. The predicted octanol–water partition coefficient (Wildman–Crippen LogP) is 2.81. The monoisotopic (exact) mass is 349 g/mol. The SMILES string of the molecule is CC1CCC1NCc1nc(C2CCN(C(=O)OC(C)(C)C)CC2)n[nH]1. The van der Waals surface area contributed by atoms with Crippen LogP contribution in [0.15, 0.2) is 0 Å². The molecule has 1 saturated carbocycles. The van der Waals surface area contributed by atoms with Crippen molar-refractivity contribution in [2.75, 3.05) is 13.1 Å². The molecule has 2 atom stereocenters. The summed E-state index contributed by atoms with van der Waals surface area (Å²) in [6.45, 7) is 10.1. The third kappa shape index (κ3) is 4.71. The topological polar surface area (TPSA) is 83.1 Å². The Bertz CT molecular complexity index is 587. The van der Waals surface area contributed by atoms with E-state index in [2.05, 4.69) is 27.4 Å². The first-order valence-corrected chi connectivity index (χ1v) is 9.44. The van der Waals surface area contributed by atoms with Crippen LogP contribution in [-0.4, -0.2) is 50.9 Å². The quantitative estimate of drug-likeness (QED) is 0.873. The molecular weight excluding hydrogens is 318 g/mol. The third-order valence-electron chi connectivity index (χ3n) is 5.21. The zero-order valence-electron chi connectivity index (χ0n) is 15.8. The van der Waals surface area contributed by atoms with Gasteiger partial charge in [-0.25, -0.2) is 9.78 Å². The first kappa shape index (κ1) is 18.2. The van der Waals surface area contributed by atoms with Crippen molar-refractivity contribution in [3.05, 3.63) is 11.6 Å². The lowest BCUT2D eigenvalue weighted by molar-refractivity contribution is 0.0203. The summed E-state index contributed by atoms with van der Waals surface area (Å²) in [6, 6.07) is 0.616. The van der Waals surface area contributed by atoms with Gasteiger partial charge in [-0.05, 0) is 52.4 Å². The summed E-state index contributed by atoms with van der Waals surface area (Å²) in [5.74, 6) is 2.86. The highest BCUT2D eigenvalue weighted by molar-refractivity contribution is 5.68. The minimum absolute atomic E-state index is 0.222. The summed E-state index contributed by atoms with van der Waals surface area (Å²) in [4.78, 5) is 18.6. The molecule has 0 aromatic carbocycles. The number of nitrogens with one attached hydrogen (secondary N) is 2. The van der Waals surface area contributed by atoms with Crippen LogP contribution in [0, 0.1) is 5.92 Å². The van der Waals surface area contributed by atoms with E-state index in [0.717, 1.165) is 37.0 Å². The molecule has 7 nitrogen and oxygen atoms in total. The Labute approximate surface area is 149 Å². The van der Waals surface area contributed by atoms with Gasteiger partial charge in [-0.3, -0.25) is 5.10 Å². The van der Waals surface area contributed by atoms with Crippen LogP contribution in [0.5, 0.6) is 0 Å². The highest BCUT2D eigenvalue weighted by atomic mass is 16.6. The maximum absolute atomic E-state index is 12.1. The molecule has 0 bridgehead atoms. The summed E-state index contributed by atoms with van der Waals surface area (Å²) < 4.78 is 5.44. The molecular formula is C18H31N5O2. The fraction of sp³-hybridized carbons (Fsp3) is 0.833. The van der Waals surface area contributed by atoms with E-state index in [0.29, 0.717) is 25.0 Å². The number of carbonyl (C=O) groups is 1. The molecule has 1 saturated heterocycles. The third-order valence-corrected chi connectivity index (χ3v) is 5.21. The summed E-state index contributed by atoms with van der Waals surface area (Å²) in [5.41, 5.74) is -0.447. The molecule has 2 unspecified atom stereocenters. The largest absolute Gasteiger partial charge is 0.444 e. The van der Waals surface area contributed by atoms with E-state index in [-0.39, 0.29) is 6.09 Å². The molecule has 25 heavy (non-hydrogen) atoms. The van der Waals surface area contributed by atoms with Crippen molar-refractivity contribution in [3.8, 4) is 0 Å². The lowest BCUT2D eigenvalue weighted by atomic mass is 9.81. The molecule has 140 valence electrons. The number of ether oxygens (including phenoxy) is 1. The minimum Gasteiger partial charge on any atom is -0.444 e. The zero-order valence-corrected chi connectivity index (χ0v) is 15.8. The Balaban J connectivity index is 1.46. The van der Waals surface area contributed by atoms with E-state index < -0.39 is 5.60 Å². The second-order valence-corrected chi connectivity index (χ2v) is 8.42. The molecule has 2 fully saturated rings. The number of likely N-dealkylation sites (tertiary alicyclic amines) is 1. The van der Waals surface area contributed by atoms with Crippen LogP contribution in [-0.2, 0) is 11.3 Å². The van der Waals surface area contributed by atoms with Gasteiger partial charge < -0.3 is 15.0 Å². The number of hydrogen-bond donors (Lipinski definition) is 2. The normalized spacial score (nSPS) is 24.9. The number of aromatic nitrogens is 3. The predicted molar refractivity (Wildman–Crippen MR) is 95.2 cm³/mol. The van der Waals surface area contributed by atoms with Gasteiger partial charge in [-0.2, -0.15) is 5.10 Å². The van der Waals surface area contributed by atoms with Crippen molar-refractivity contribution >= 4 is 6.09 Å². The van der Waals surface area contributed by atoms with E-state index in [4.69, 9.17) is 4.74 Å². The highest BCUT2D eigenvalue weighted by Crippen LogP contribution is 2.28. The molecule has 1 aromatic heterocycles. The number of carbonyl (C=O) groups excluding carboxylic acids is 1. The van der Waals surface area contributed by atoms with Gasteiger partial charge in [0.1, 0.15) is 11.4 Å². The Morgan fingerprint density at radius 3 is 2.56 bits per heavy atom. The van der Waals surface area contributed by atoms with Gasteiger partial charge in [0.25, 0.3) is 0 Å². The number of hydrogen-bond acceptors (Lipinski definition) is 5. The Morgan fingerprint density at radius 1 is 1.28 bits per heavy atom. The summed E-state index contributed by atoms with van der Waals surface area (Å²) >= 11 is 0. The average Bonchev–Trinajstić information content (AvgIpc) is 3.01. The lowest BCUT2D eigenvalue weighted by Gasteiger charge is -2.34. The lowest BCUT2D eigenvalue weighted by Crippen LogP contribution is -2.42. The first-order chi connectivity index (χ1) is 11.8. The molecule has 2 N–H and O–H groups in total. The molecule has 7 heteroatoms. The van der Waals surface area contributed by atoms with Crippen LogP contribution in [0.25, 0.3) is 0 Å². The van der Waals surface area contributed by atoms with Crippen LogP contribution in [0.2, 0.25) is 0 Å². The van der Waals surface area contributed by atoms with Crippen LogP contribution in [0.3, 0.4) is 0 Å². The van der Waals surface area contributed by atoms with Gasteiger partial charge >= 0.3 is 6.09 Å². The van der Waals surface area contributed by atoms with Gasteiger partial charge in [0.2, 0.25) is 0 Å². The van der Waals surface area contributed by atoms with E-state index in [1.54, 1.807) is 4.90 Å². The molecule has 0 radical (unpaired) electrons. The molecule has 2 aliphatic rings. The van der Waals surface area contributed by atoms with Crippen molar-refractivity contribution in [3.63, 3.8) is 0 Å². The van der Waals surface area contributed by atoms with Crippen molar-refractivity contribution in [1.29, 1.82) is 0 Å². The number of piperidine rings is 1. The van der Waals surface area contributed by atoms with Gasteiger partial charge in [-0.1, -0.05) is 6.92 Å². The molecule has 0 spiro atoms. The van der Waals surface area contributed by atoms with Gasteiger partial charge in [0, 0.05) is 25.0 Å². The van der Waals surface area contributed by atoms with Crippen molar-refractivity contribution < 1.29 is 9.53 Å². The van der Waals surface area contributed by atoms with E-state index >= 15 is 0 Å². The number of H-pyrrole nitrogens is 1. The summed E-state index contributed by atoms with van der Waals surface area (Å²) in [7, 11) is 0. The Kier molecular flexibility index (Phi) is 5.32. The zero-order chi connectivity index (χ0) is 18.0. The van der Waals surface area contributed by atoms with Gasteiger partial charge in [0.15, 0.2) is 5.82 Å². The standard InChI is InChI=1S/C18H31N5O2/c1-12-5-6-14(12)19-11-15-20-16(22-21-15)13-7-9-23(10-8-13)17(24)25-18(2,3)4/h12-14,19H,5-11H2,1-4H3,(H,20,21,22). The number of aromatic amines is 1. The summed E-state index contributed by atoms with van der Waals surface area (Å²) in [6.07, 6.45) is 4.11. The van der Waals surface area contributed by atoms with Crippen LogP contribution in [0.1, 0.15) is 70.9 Å². The van der Waals surface area contributed by atoms with Gasteiger partial charge in [0.05, 0.1) is 6.54 Å². The highest BCUT2D eigenvalue weighted by Gasteiger charge is 2.29. The Morgan fingerprint density at radius 2 is 2.00 bits per heavy atom. The number of amides is 1. The number of rotatable bonds is 4. The average molecular weight is 349 g/mol. The molecule has 2 heterocycles. The molecule has 1 aliphatic carbocycles. The maximum atomic E-state index is 12.1. The van der Waals surface area contributed by atoms with Crippen LogP contribution < -0.4 is 5.32 Å². The van der Waals surface area contributed by atoms with E-state index in [1.807, 2.05) is 20.8 Å². The maximum Gasteiger partial charge on any atom is 0.410 e. The molecule has 1 aliphatic heterocycles. The fourth-order valence-electron chi connectivity index (χ4n) is 3.42. The van der Waals surface area contributed by atoms with Crippen molar-refractivity contribution in [2.24, 2.45) is 5.92 Å². The minimum atomic E-state index is -0.447. The summed E-state index contributed by atoms with van der Waals surface area (Å²) in [5, 5.41) is 11.0. The van der Waals surface area contributed by atoms with E-state index in [9.17, 15) is 4.79 Å². The second-order valence-electron chi connectivity index (χ2n) is 8.42. The molecule has 1 amide bonds. The smallest absolute Gasteiger partial charge is 0.410 e. The second kappa shape index (κ2) is 7.32. The van der Waals surface area contributed by atoms with E-state index in [1.165, 1.54) is 12.8 Å². The molecule has 3 rings (SSSR count).